The lowest BCUT2D eigenvalue weighted by Crippen LogP contribution is -2.06. The molecule has 0 radical (unpaired) electrons. The highest BCUT2D eigenvalue weighted by atomic mass is 35.5. The Morgan fingerprint density at radius 3 is 2.55 bits per heavy atom. The lowest BCUT2D eigenvalue weighted by molar-refractivity contribution is 0.285. The SMILES string of the molecule is CCCCCCCOc1c(Cl)cc(CNC)cc1OC. The number of rotatable bonds is 10. The highest BCUT2D eigenvalue weighted by Gasteiger charge is 2.11. The summed E-state index contributed by atoms with van der Waals surface area (Å²) in [5.41, 5.74) is 1.09. The Morgan fingerprint density at radius 2 is 1.90 bits per heavy atom. The fourth-order valence-electron chi connectivity index (χ4n) is 2.10. The number of hydrogen-bond acceptors (Lipinski definition) is 3. The Kier molecular flexibility index (Phi) is 8.47. The third-order valence-corrected chi connectivity index (χ3v) is 3.45. The molecular weight excluding hydrogens is 274 g/mol. The van der Waals surface area contributed by atoms with Gasteiger partial charge in [-0.1, -0.05) is 44.2 Å². The van der Waals surface area contributed by atoms with E-state index in [0.29, 0.717) is 23.1 Å². The van der Waals surface area contributed by atoms with Gasteiger partial charge in [0.1, 0.15) is 0 Å². The second kappa shape index (κ2) is 9.89. The van der Waals surface area contributed by atoms with Crippen LogP contribution in [0.1, 0.15) is 44.6 Å². The van der Waals surface area contributed by atoms with E-state index in [4.69, 9.17) is 21.1 Å². The topological polar surface area (TPSA) is 30.5 Å². The molecule has 0 aliphatic rings. The number of unbranched alkanes of at least 4 members (excludes halogenated alkanes) is 4. The van der Waals surface area contributed by atoms with Crippen molar-refractivity contribution in [3.63, 3.8) is 0 Å². The lowest BCUT2D eigenvalue weighted by Gasteiger charge is -2.14. The van der Waals surface area contributed by atoms with Crippen LogP contribution in [-0.2, 0) is 6.54 Å². The Morgan fingerprint density at radius 1 is 1.15 bits per heavy atom. The molecule has 0 spiro atoms. The summed E-state index contributed by atoms with van der Waals surface area (Å²) in [4.78, 5) is 0. The molecule has 1 aromatic rings. The molecule has 0 amide bonds. The summed E-state index contributed by atoms with van der Waals surface area (Å²) in [6, 6.07) is 3.89. The highest BCUT2D eigenvalue weighted by molar-refractivity contribution is 6.32. The van der Waals surface area contributed by atoms with Crippen molar-refractivity contribution >= 4 is 11.6 Å². The van der Waals surface area contributed by atoms with Crippen molar-refractivity contribution < 1.29 is 9.47 Å². The van der Waals surface area contributed by atoms with Gasteiger partial charge in [-0.2, -0.15) is 0 Å². The summed E-state index contributed by atoms with van der Waals surface area (Å²) >= 11 is 6.28. The Bertz CT molecular complexity index is 396. The molecule has 1 N–H and O–H groups in total. The predicted molar refractivity (Wildman–Crippen MR) is 85.0 cm³/mol. The minimum absolute atomic E-state index is 0.614. The van der Waals surface area contributed by atoms with Crippen molar-refractivity contribution in [2.75, 3.05) is 20.8 Å². The van der Waals surface area contributed by atoms with E-state index < -0.39 is 0 Å². The van der Waals surface area contributed by atoms with Gasteiger partial charge in [0.05, 0.1) is 18.7 Å². The number of nitrogens with one attached hydrogen (secondary N) is 1. The second-order valence-electron chi connectivity index (χ2n) is 4.90. The normalized spacial score (nSPS) is 10.6. The smallest absolute Gasteiger partial charge is 0.179 e. The van der Waals surface area contributed by atoms with Crippen molar-refractivity contribution in [2.24, 2.45) is 0 Å². The van der Waals surface area contributed by atoms with E-state index in [9.17, 15) is 0 Å². The molecule has 20 heavy (non-hydrogen) atoms. The first-order valence-corrected chi connectivity index (χ1v) is 7.74. The predicted octanol–water partition coefficient (Wildman–Crippen LogP) is 4.42. The molecule has 114 valence electrons. The Labute approximate surface area is 127 Å². The first-order valence-electron chi connectivity index (χ1n) is 7.36. The molecule has 1 rings (SSSR count). The molecule has 0 heterocycles. The number of ether oxygens (including phenoxy) is 2. The molecule has 0 bridgehead atoms. The van der Waals surface area contributed by atoms with Crippen LogP contribution >= 0.6 is 11.6 Å². The summed E-state index contributed by atoms with van der Waals surface area (Å²) in [7, 11) is 3.55. The van der Waals surface area contributed by atoms with Crippen LogP contribution in [0.15, 0.2) is 12.1 Å². The van der Waals surface area contributed by atoms with Crippen molar-refractivity contribution in [3.05, 3.63) is 22.7 Å². The van der Waals surface area contributed by atoms with Crippen LogP contribution < -0.4 is 14.8 Å². The van der Waals surface area contributed by atoms with E-state index in [1.807, 2.05) is 19.2 Å². The maximum absolute atomic E-state index is 6.28. The summed E-state index contributed by atoms with van der Waals surface area (Å²) in [5.74, 6) is 1.36. The van der Waals surface area contributed by atoms with Crippen molar-refractivity contribution in [2.45, 2.75) is 45.6 Å². The first-order chi connectivity index (χ1) is 9.72. The molecule has 0 unspecified atom stereocenters. The fourth-order valence-corrected chi connectivity index (χ4v) is 2.39. The average molecular weight is 300 g/mol. The van der Waals surface area contributed by atoms with Gasteiger partial charge in [0.15, 0.2) is 11.5 Å². The number of methoxy groups -OCH3 is 1. The fraction of sp³-hybridized carbons (Fsp3) is 0.625. The van der Waals surface area contributed by atoms with E-state index in [1.165, 1.54) is 25.7 Å². The highest BCUT2D eigenvalue weighted by Crippen LogP contribution is 2.36. The van der Waals surface area contributed by atoms with Crippen LogP contribution in [0.4, 0.5) is 0 Å². The number of hydrogen-bond donors (Lipinski definition) is 1. The standard InChI is InChI=1S/C16H26ClNO2/c1-4-5-6-7-8-9-20-16-14(17)10-13(12-18-2)11-15(16)19-3/h10-11,18H,4-9,12H2,1-3H3. The van der Waals surface area contributed by atoms with E-state index in [1.54, 1.807) is 7.11 Å². The van der Waals surface area contributed by atoms with Crippen LogP contribution in [0, 0.1) is 0 Å². The van der Waals surface area contributed by atoms with E-state index in [-0.39, 0.29) is 0 Å². The minimum atomic E-state index is 0.614. The molecule has 0 saturated heterocycles. The summed E-state index contributed by atoms with van der Waals surface area (Å²) in [6.45, 7) is 3.66. The zero-order valence-electron chi connectivity index (χ0n) is 12.8. The zero-order chi connectivity index (χ0) is 14.8. The molecule has 3 nitrogen and oxygen atoms in total. The molecule has 0 atom stereocenters. The summed E-state index contributed by atoms with van der Waals surface area (Å²) in [6.07, 6.45) is 6.07. The van der Waals surface area contributed by atoms with Gasteiger partial charge in [0.25, 0.3) is 0 Å². The molecule has 0 fully saturated rings. The van der Waals surface area contributed by atoms with Crippen LogP contribution in [0.25, 0.3) is 0 Å². The largest absolute Gasteiger partial charge is 0.493 e. The van der Waals surface area contributed by atoms with Crippen LogP contribution in [0.5, 0.6) is 11.5 Å². The molecule has 4 heteroatoms. The average Bonchev–Trinajstić information content (AvgIpc) is 2.44. The molecule has 0 aromatic heterocycles. The van der Waals surface area contributed by atoms with E-state index in [2.05, 4.69) is 12.2 Å². The van der Waals surface area contributed by atoms with Gasteiger partial charge < -0.3 is 14.8 Å². The first kappa shape index (κ1) is 17.1. The summed E-state index contributed by atoms with van der Waals surface area (Å²) < 4.78 is 11.2. The number of halogens is 1. The van der Waals surface area contributed by atoms with Gasteiger partial charge in [-0.05, 0) is 31.2 Å². The zero-order valence-corrected chi connectivity index (χ0v) is 13.6. The minimum Gasteiger partial charge on any atom is -0.493 e. The molecular formula is C16H26ClNO2. The van der Waals surface area contributed by atoms with Gasteiger partial charge >= 0.3 is 0 Å². The van der Waals surface area contributed by atoms with Gasteiger partial charge in [0, 0.05) is 6.54 Å². The lowest BCUT2D eigenvalue weighted by atomic mass is 10.1. The number of benzene rings is 1. The Balaban J connectivity index is 2.55. The van der Waals surface area contributed by atoms with Crippen LogP contribution in [-0.4, -0.2) is 20.8 Å². The molecule has 0 aliphatic heterocycles. The quantitative estimate of drug-likeness (QED) is 0.649. The van der Waals surface area contributed by atoms with Crippen LogP contribution in [0.2, 0.25) is 5.02 Å². The van der Waals surface area contributed by atoms with Gasteiger partial charge in [-0.3, -0.25) is 0 Å². The molecule has 0 aliphatic carbocycles. The van der Waals surface area contributed by atoms with Gasteiger partial charge in [-0.15, -0.1) is 0 Å². The van der Waals surface area contributed by atoms with Gasteiger partial charge in [0.2, 0.25) is 0 Å². The molecule has 1 aromatic carbocycles. The second-order valence-corrected chi connectivity index (χ2v) is 5.31. The maximum Gasteiger partial charge on any atom is 0.179 e. The van der Waals surface area contributed by atoms with Crippen LogP contribution in [0.3, 0.4) is 0 Å². The van der Waals surface area contributed by atoms with E-state index >= 15 is 0 Å². The monoisotopic (exact) mass is 299 g/mol. The third-order valence-electron chi connectivity index (χ3n) is 3.16. The van der Waals surface area contributed by atoms with Gasteiger partial charge in [-0.25, -0.2) is 0 Å². The van der Waals surface area contributed by atoms with Crippen molar-refractivity contribution in [1.29, 1.82) is 0 Å². The molecule has 0 saturated carbocycles. The maximum atomic E-state index is 6.28. The van der Waals surface area contributed by atoms with Crippen molar-refractivity contribution in [3.8, 4) is 11.5 Å². The summed E-state index contributed by atoms with van der Waals surface area (Å²) in [5, 5.41) is 3.71. The van der Waals surface area contributed by atoms with E-state index in [0.717, 1.165) is 18.5 Å². The third kappa shape index (κ3) is 5.59. The van der Waals surface area contributed by atoms with Crippen molar-refractivity contribution in [1.82, 2.24) is 5.32 Å². The Hall–Kier alpha value is -0.930.